The molecule has 0 aliphatic carbocycles. The second-order valence-electron chi connectivity index (χ2n) is 8.47. The number of amides is 1. The predicted octanol–water partition coefficient (Wildman–Crippen LogP) is 7.32. The van der Waals surface area contributed by atoms with Crippen LogP contribution in [-0.2, 0) is 25.3 Å². The lowest BCUT2D eigenvalue weighted by Gasteiger charge is -2.17. The number of carbonyl (C=O) groups is 1. The molecule has 0 fully saturated rings. The zero-order valence-electron chi connectivity index (χ0n) is 18.7. The molecule has 9 heteroatoms. The van der Waals surface area contributed by atoms with Crippen LogP contribution in [0.1, 0.15) is 52.4 Å². The van der Waals surface area contributed by atoms with Crippen LogP contribution in [0.4, 0.5) is 26.3 Å². The minimum atomic E-state index is -4.99. The van der Waals surface area contributed by atoms with E-state index >= 15 is 0 Å². The van der Waals surface area contributed by atoms with E-state index in [4.69, 9.17) is 5.73 Å². The Morgan fingerprint density at radius 3 is 2.29 bits per heavy atom. The fourth-order valence-electron chi connectivity index (χ4n) is 4.43. The van der Waals surface area contributed by atoms with Gasteiger partial charge in [0, 0.05) is 28.4 Å². The van der Waals surface area contributed by atoms with Gasteiger partial charge in [0.1, 0.15) is 0 Å². The third-order valence-electron chi connectivity index (χ3n) is 6.11. The first-order chi connectivity index (χ1) is 16.4. The summed E-state index contributed by atoms with van der Waals surface area (Å²) in [6, 6.07) is 12.0. The fourth-order valence-corrected chi connectivity index (χ4v) is 4.43. The highest BCUT2D eigenvalue weighted by molar-refractivity contribution is 6.18. The van der Waals surface area contributed by atoms with Crippen LogP contribution in [-0.4, -0.2) is 10.5 Å². The van der Waals surface area contributed by atoms with E-state index in [1.165, 1.54) is 0 Å². The van der Waals surface area contributed by atoms with E-state index < -0.39 is 29.4 Å². The van der Waals surface area contributed by atoms with Crippen molar-refractivity contribution in [1.29, 1.82) is 0 Å². The van der Waals surface area contributed by atoms with Crippen molar-refractivity contribution in [3.63, 3.8) is 0 Å². The van der Waals surface area contributed by atoms with Gasteiger partial charge in [-0.15, -0.1) is 0 Å². The van der Waals surface area contributed by atoms with Crippen molar-refractivity contribution in [3.8, 4) is 0 Å². The number of hydrogen-bond donors (Lipinski definition) is 1. The molecule has 0 spiro atoms. The van der Waals surface area contributed by atoms with Gasteiger partial charge in [-0.1, -0.05) is 37.6 Å². The lowest BCUT2D eigenvalue weighted by molar-refractivity contribution is -0.143. The molecule has 0 saturated heterocycles. The highest BCUT2D eigenvalue weighted by atomic mass is 19.4. The Labute approximate surface area is 197 Å². The van der Waals surface area contributed by atoms with Crippen LogP contribution in [0.2, 0.25) is 0 Å². The van der Waals surface area contributed by atoms with Crippen LogP contribution < -0.4 is 5.73 Å². The summed E-state index contributed by atoms with van der Waals surface area (Å²) in [4.78, 5) is 12.1. The van der Waals surface area contributed by atoms with Gasteiger partial charge in [-0.25, -0.2) is 0 Å². The number of nitrogens with zero attached hydrogens (tertiary/aromatic N) is 1. The molecule has 35 heavy (non-hydrogen) atoms. The van der Waals surface area contributed by atoms with Crippen molar-refractivity contribution in [2.45, 2.75) is 45.1 Å². The lowest BCUT2D eigenvalue weighted by atomic mass is 10.0. The number of aryl methyl sites for hydroxylation is 1. The van der Waals surface area contributed by atoms with Crippen molar-refractivity contribution >= 4 is 27.7 Å². The van der Waals surface area contributed by atoms with Gasteiger partial charge in [0.25, 0.3) is 0 Å². The SMILES string of the molecule is CCCCc1ccc2c3c(C(N)=O)cccc3n(Cc3ccc(C(F)(F)F)cc3C(F)(F)F)c2c1. The number of halogens is 6. The number of aromatic nitrogens is 1. The van der Waals surface area contributed by atoms with Gasteiger partial charge in [-0.05, 0) is 54.3 Å². The normalized spacial score (nSPS) is 12.5. The number of nitrogens with two attached hydrogens (primary N) is 1. The summed E-state index contributed by atoms with van der Waals surface area (Å²) in [5.41, 5.74) is 4.77. The van der Waals surface area contributed by atoms with Crippen molar-refractivity contribution in [2.24, 2.45) is 5.73 Å². The van der Waals surface area contributed by atoms with Crippen LogP contribution in [0.3, 0.4) is 0 Å². The molecule has 2 N–H and O–H groups in total. The Bertz CT molecular complexity index is 1420. The molecule has 0 bridgehead atoms. The molecule has 0 aliphatic rings. The number of unbranched alkanes of at least 4 members (excludes halogenated alkanes) is 1. The lowest BCUT2D eigenvalue weighted by Crippen LogP contribution is -2.15. The zero-order chi connectivity index (χ0) is 25.5. The van der Waals surface area contributed by atoms with Crippen LogP contribution in [0, 0.1) is 0 Å². The number of hydrogen-bond acceptors (Lipinski definition) is 1. The Kier molecular flexibility index (Phi) is 6.29. The molecule has 4 rings (SSSR count). The maximum atomic E-state index is 13.8. The van der Waals surface area contributed by atoms with Crippen LogP contribution in [0.15, 0.2) is 54.6 Å². The number of carbonyl (C=O) groups excluding carboxylic acids is 1. The summed E-state index contributed by atoms with van der Waals surface area (Å²) in [6.07, 6.45) is -7.27. The Morgan fingerprint density at radius 2 is 1.66 bits per heavy atom. The van der Waals surface area contributed by atoms with E-state index in [0.717, 1.165) is 30.9 Å². The molecule has 0 atom stereocenters. The van der Waals surface area contributed by atoms with Gasteiger partial charge >= 0.3 is 12.4 Å². The van der Waals surface area contributed by atoms with Gasteiger partial charge in [0.05, 0.1) is 16.6 Å². The van der Waals surface area contributed by atoms with Crippen LogP contribution in [0.5, 0.6) is 0 Å². The standard InChI is InChI=1S/C26H22F6N2O/c1-2-3-5-15-8-11-18-22(12-15)34(21-7-4-6-19(23(18)21)24(33)35)14-16-9-10-17(25(27,28)29)13-20(16)26(30,31)32/h4,6-13H,2-3,5,14H2,1H3,(H2,33,35). The first-order valence-electron chi connectivity index (χ1n) is 11.0. The van der Waals surface area contributed by atoms with Gasteiger partial charge in [-0.2, -0.15) is 26.3 Å². The minimum Gasteiger partial charge on any atom is -0.366 e. The molecule has 1 heterocycles. The van der Waals surface area contributed by atoms with Crippen molar-refractivity contribution in [1.82, 2.24) is 4.57 Å². The monoisotopic (exact) mass is 492 g/mol. The topological polar surface area (TPSA) is 48.0 Å². The Morgan fingerprint density at radius 1 is 0.914 bits per heavy atom. The third-order valence-corrected chi connectivity index (χ3v) is 6.11. The van der Waals surface area contributed by atoms with Gasteiger partial charge in [0.15, 0.2) is 0 Å². The summed E-state index contributed by atoms with van der Waals surface area (Å²) in [5.74, 6) is -0.685. The van der Waals surface area contributed by atoms with Crippen LogP contribution in [0.25, 0.3) is 21.8 Å². The second-order valence-corrected chi connectivity index (χ2v) is 8.47. The van der Waals surface area contributed by atoms with Crippen molar-refractivity contribution in [2.75, 3.05) is 0 Å². The van der Waals surface area contributed by atoms with Crippen molar-refractivity contribution in [3.05, 3.63) is 82.4 Å². The van der Waals surface area contributed by atoms with Gasteiger partial charge < -0.3 is 10.3 Å². The predicted molar refractivity (Wildman–Crippen MR) is 122 cm³/mol. The maximum Gasteiger partial charge on any atom is 0.416 e. The summed E-state index contributed by atoms with van der Waals surface area (Å²) in [5, 5.41) is 1.13. The van der Waals surface area contributed by atoms with Crippen molar-refractivity contribution < 1.29 is 31.1 Å². The van der Waals surface area contributed by atoms with E-state index in [9.17, 15) is 31.1 Å². The van der Waals surface area contributed by atoms with Gasteiger partial charge in [0.2, 0.25) is 5.91 Å². The number of benzene rings is 3. The number of primary amides is 1. The van der Waals surface area contributed by atoms with E-state index in [-0.39, 0.29) is 23.7 Å². The number of fused-ring (bicyclic) bond motifs is 3. The molecule has 0 unspecified atom stereocenters. The van der Waals surface area contributed by atoms with E-state index in [2.05, 4.69) is 0 Å². The van der Waals surface area contributed by atoms with Gasteiger partial charge in [-0.3, -0.25) is 4.79 Å². The summed E-state index contributed by atoms with van der Waals surface area (Å²) in [6.45, 7) is 1.70. The zero-order valence-corrected chi connectivity index (χ0v) is 18.7. The average Bonchev–Trinajstić information content (AvgIpc) is 3.09. The average molecular weight is 492 g/mol. The Hall–Kier alpha value is -3.49. The first kappa shape index (κ1) is 24.6. The van der Waals surface area contributed by atoms with E-state index in [0.29, 0.717) is 27.9 Å². The highest BCUT2D eigenvalue weighted by Gasteiger charge is 2.38. The van der Waals surface area contributed by atoms with E-state index in [1.54, 1.807) is 22.8 Å². The molecule has 4 aromatic rings. The minimum absolute atomic E-state index is 0.144. The molecule has 0 radical (unpaired) electrons. The molecule has 3 nitrogen and oxygen atoms in total. The highest BCUT2D eigenvalue weighted by Crippen LogP contribution is 2.39. The molecule has 184 valence electrons. The maximum absolute atomic E-state index is 13.8. The third kappa shape index (κ3) is 4.72. The summed E-state index contributed by atoms with van der Waals surface area (Å²) >= 11 is 0. The molecular weight excluding hydrogens is 470 g/mol. The number of alkyl halides is 6. The fraction of sp³-hybridized carbons (Fsp3) is 0.269. The quantitative estimate of drug-likeness (QED) is 0.282. The molecule has 3 aromatic carbocycles. The summed E-state index contributed by atoms with van der Waals surface area (Å²) in [7, 11) is 0. The molecule has 0 saturated carbocycles. The molecule has 1 amide bonds. The molecular formula is C26H22F6N2O. The number of rotatable bonds is 6. The largest absolute Gasteiger partial charge is 0.416 e. The first-order valence-corrected chi connectivity index (χ1v) is 11.0. The van der Waals surface area contributed by atoms with E-state index in [1.807, 2.05) is 25.1 Å². The second kappa shape index (κ2) is 8.94. The van der Waals surface area contributed by atoms with Crippen LogP contribution >= 0.6 is 0 Å². The summed E-state index contributed by atoms with van der Waals surface area (Å²) < 4.78 is 82.4. The smallest absolute Gasteiger partial charge is 0.366 e. The Balaban J connectivity index is 1.98. The molecule has 0 aliphatic heterocycles. The molecule has 1 aromatic heterocycles.